The van der Waals surface area contributed by atoms with Crippen molar-refractivity contribution < 1.29 is 9.13 Å². The molecule has 0 aliphatic rings. The molecule has 0 spiro atoms. The summed E-state index contributed by atoms with van der Waals surface area (Å²) in [6.07, 6.45) is 0. The number of halogens is 2. The molecule has 0 aliphatic heterocycles. The Bertz CT molecular complexity index is 566. The van der Waals surface area contributed by atoms with Crippen LogP contribution < -0.4 is 10.1 Å². The van der Waals surface area contributed by atoms with Crippen LogP contribution in [0.5, 0.6) is 5.75 Å². The van der Waals surface area contributed by atoms with Crippen LogP contribution in [0, 0.1) is 12.7 Å². The first kappa shape index (κ1) is 13.7. The van der Waals surface area contributed by atoms with Crippen molar-refractivity contribution in [3.8, 4) is 5.75 Å². The van der Waals surface area contributed by atoms with Gasteiger partial charge in [0.25, 0.3) is 0 Å². The summed E-state index contributed by atoms with van der Waals surface area (Å²) in [7, 11) is 1.62. The van der Waals surface area contributed by atoms with Gasteiger partial charge in [0.05, 0.1) is 12.8 Å². The van der Waals surface area contributed by atoms with Gasteiger partial charge in [0.15, 0.2) is 0 Å². The molecule has 0 aromatic heterocycles. The number of rotatable bonds is 4. The molecule has 4 heteroatoms. The van der Waals surface area contributed by atoms with E-state index in [1.165, 1.54) is 12.1 Å². The molecule has 0 aliphatic carbocycles. The largest absolute Gasteiger partial charge is 0.495 e. The molecule has 0 bridgehead atoms. The zero-order valence-corrected chi connectivity index (χ0v) is 11.6. The summed E-state index contributed by atoms with van der Waals surface area (Å²) in [6.45, 7) is 2.49. The minimum Gasteiger partial charge on any atom is -0.495 e. The number of ether oxygens (including phenoxy) is 1. The predicted molar refractivity (Wildman–Crippen MR) is 76.5 cm³/mol. The van der Waals surface area contributed by atoms with Crippen LogP contribution in [0.2, 0.25) is 5.02 Å². The fourth-order valence-electron chi connectivity index (χ4n) is 1.87. The highest BCUT2D eigenvalue weighted by Crippen LogP contribution is 2.26. The molecule has 2 rings (SSSR count). The maximum absolute atomic E-state index is 13.2. The van der Waals surface area contributed by atoms with Crippen molar-refractivity contribution in [1.82, 2.24) is 0 Å². The summed E-state index contributed by atoms with van der Waals surface area (Å²) in [6, 6.07) is 10.3. The number of anilines is 1. The summed E-state index contributed by atoms with van der Waals surface area (Å²) in [5.74, 6) is 0.425. The Kier molecular flexibility index (Phi) is 4.27. The minimum absolute atomic E-state index is 0.333. The lowest BCUT2D eigenvalue weighted by Crippen LogP contribution is -2.02. The van der Waals surface area contributed by atoms with Crippen molar-refractivity contribution in [2.75, 3.05) is 12.4 Å². The van der Waals surface area contributed by atoms with Crippen LogP contribution in [-0.4, -0.2) is 7.11 Å². The van der Waals surface area contributed by atoms with Crippen LogP contribution in [-0.2, 0) is 6.54 Å². The zero-order valence-electron chi connectivity index (χ0n) is 10.8. The summed E-state index contributed by atoms with van der Waals surface area (Å²) < 4.78 is 18.5. The third-order valence-electron chi connectivity index (χ3n) is 2.76. The van der Waals surface area contributed by atoms with E-state index in [1.54, 1.807) is 13.2 Å². The smallest absolute Gasteiger partial charge is 0.141 e. The van der Waals surface area contributed by atoms with E-state index in [0.717, 1.165) is 22.6 Å². The first-order valence-electron chi connectivity index (χ1n) is 5.92. The van der Waals surface area contributed by atoms with Gasteiger partial charge in [0.2, 0.25) is 0 Å². The number of nitrogens with one attached hydrogen (secondary N) is 1. The fourth-order valence-corrected chi connectivity index (χ4v) is 2.11. The molecule has 0 saturated heterocycles. The summed E-state index contributed by atoms with van der Waals surface area (Å²) >= 11 is 5.82. The molecule has 100 valence electrons. The van der Waals surface area contributed by atoms with Crippen LogP contribution >= 0.6 is 11.6 Å². The summed E-state index contributed by atoms with van der Waals surface area (Å²) in [4.78, 5) is 0. The van der Waals surface area contributed by atoms with E-state index in [2.05, 4.69) is 5.32 Å². The van der Waals surface area contributed by atoms with E-state index in [4.69, 9.17) is 16.3 Å². The summed E-state index contributed by atoms with van der Waals surface area (Å²) in [5, 5.41) is 3.62. The van der Waals surface area contributed by atoms with Gasteiger partial charge in [-0.05, 0) is 48.4 Å². The highest BCUT2D eigenvalue weighted by molar-refractivity contribution is 6.30. The van der Waals surface area contributed by atoms with Gasteiger partial charge < -0.3 is 10.1 Å². The third-order valence-corrected chi connectivity index (χ3v) is 2.98. The number of aryl methyl sites for hydroxylation is 1. The summed E-state index contributed by atoms with van der Waals surface area (Å²) in [5.41, 5.74) is 2.79. The number of methoxy groups -OCH3 is 1. The van der Waals surface area contributed by atoms with E-state index < -0.39 is 0 Å². The van der Waals surface area contributed by atoms with Gasteiger partial charge >= 0.3 is 0 Å². The number of benzene rings is 2. The molecule has 0 fully saturated rings. The maximum Gasteiger partial charge on any atom is 0.141 e. The SMILES string of the molecule is COc1ccc(C)cc1NCc1cc(F)cc(Cl)c1. The molecule has 19 heavy (non-hydrogen) atoms. The van der Waals surface area contributed by atoms with Crippen molar-refractivity contribution >= 4 is 17.3 Å². The van der Waals surface area contributed by atoms with Crippen LogP contribution in [0.15, 0.2) is 36.4 Å². The van der Waals surface area contributed by atoms with Crippen molar-refractivity contribution in [2.45, 2.75) is 13.5 Å². The Hall–Kier alpha value is -1.74. The molecule has 2 aromatic rings. The van der Waals surface area contributed by atoms with Crippen LogP contribution in [0.1, 0.15) is 11.1 Å². The van der Waals surface area contributed by atoms with Crippen molar-refractivity contribution in [1.29, 1.82) is 0 Å². The average molecular weight is 280 g/mol. The van der Waals surface area contributed by atoms with E-state index in [-0.39, 0.29) is 5.82 Å². The topological polar surface area (TPSA) is 21.3 Å². The normalized spacial score (nSPS) is 10.3. The highest BCUT2D eigenvalue weighted by atomic mass is 35.5. The van der Waals surface area contributed by atoms with Gasteiger partial charge in [0, 0.05) is 11.6 Å². The molecule has 0 heterocycles. The van der Waals surface area contributed by atoms with E-state index in [1.807, 2.05) is 25.1 Å². The molecule has 0 amide bonds. The zero-order chi connectivity index (χ0) is 13.8. The second-order valence-corrected chi connectivity index (χ2v) is 4.77. The molecular weight excluding hydrogens is 265 g/mol. The van der Waals surface area contributed by atoms with Crippen molar-refractivity contribution in [3.63, 3.8) is 0 Å². The van der Waals surface area contributed by atoms with Gasteiger partial charge in [-0.1, -0.05) is 17.7 Å². The van der Waals surface area contributed by atoms with Crippen LogP contribution in [0.4, 0.5) is 10.1 Å². The van der Waals surface area contributed by atoms with Gasteiger partial charge in [-0.25, -0.2) is 4.39 Å². The molecule has 0 radical (unpaired) electrons. The number of hydrogen-bond donors (Lipinski definition) is 1. The standard InChI is InChI=1S/C15H15ClFNO/c1-10-3-4-15(19-2)14(5-10)18-9-11-6-12(16)8-13(17)7-11/h3-8,18H,9H2,1-2H3. The maximum atomic E-state index is 13.2. The number of hydrogen-bond acceptors (Lipinski definition) is 2. The van der Waals surface area contributed by atoms with Gasteiger partial charge in [-0.3, -0.25) is 0 Å². The molecule has 0 saturated carbocycles. The second kappa shape index (κ2) is 5.93. The highest BCUT2D eigenvalue weighted by Gasteiger charge is 2.04. The quantitative estimate of drug-likeness (QED) is 0.895. The van der Waals surface area contributed by atoms with E-state index in [0.29, 0.717) is 11.6 Å². The van der Waals surface area contributed by atoms with Crippen molar-refractivity contribution in [3.05, 3.63) is 58.4 Å². The average Bonchev–Trinajstić information content (AvgIpc) is 2.35. The Morgan fingerprint density at radius 1 is 1.21 bits per heavy atom. The Labute approximate surface area is 117 Å². The van der Waals surface area contributed by atoms with Gasteiger partial charge in [-0.15, -0.1) is 0 Å². The Morgan fingerprint density at radius 3 is 2.68 bits per heavy atom. The monoisotopic (exact) mass is 279 g/mol. The van der Waals surface area contributed by atoms with Gasteiger partial charge in [0.1, 0.15) is 11.6 Å². The molecule has 2 nitrogen and oxygen atoms in total. The Balaban J connectivity index is 2.16. The predicted octanol–water partition coefficient (Wildman–Crippen LogP) is 4.41. The van der Waals surface area contributed by atoms with E-state index in [9.17, 15) is 4.39 Å². The van der Waals surface area contributed by atoms with Gasteiger partial charge in [-0.2, -0.15) is 0 Å². The van der Waals surface area contributed by atoms with Crippen LogP contribution in [0.25, 0.3) is 0 Å². The minimum atomic E-state index is -0.333. The molecule has 0 atom stereocenters. The molecular formula is C15H15ClFNO. The van der Waals surface area contributed by atoms with Crippen LogP contribution in [0.3, 0.4) is 0 Å². The lowest BCUT2D eigenvalue weighted by molar-refractivity contribution is 0.416. The first-order chi connectivity index (χ1) is 9.08. The fraction of sp³-hybridized carbons (Fsp3) is 0.200. The Morgan fingerprint density at radius 2 is 2.00 bits per heavy atom. The molecule has 0 unspecified atom stereocenters. The first-order valence-corrected chi connectivity index (χ1v) is 6.30. The third kappa shape index (κ3) is 3.61. The molecule has 2 aromatic carbocycles. The lowest BCUT2D eigenvalue weighted by Gasteiger charge is -2.12. The second-order valence-electron chi connectivity index (χ2n) is 4.33. The van der Waals surface area contributed by atoms with Crippen molar-refractivity contribution in [2.24, 2.45) is 0 Å². The van der Waals surface area contributed by atoms with E-state index >= 15 is 0 Å². The lowest BCUT2D eigenvalue weighted by atomic mass is 10.2. The molecule has 1 N–H and O–H groups in total.